The number of aryl methyl sites for hydroxylation is 2. The maximum Gasteiger partial charge on any atom is 0.213 e. The van der Waals surface area contributed by atoms with E-state index in [9.17, 15) is 0 Å². The Morgan fingerprint density at radius 2 is 1.71 bits per heavy atom. The largest absolute Gasteiger partial charge is 0.256 e. The zero-order valence-corrected chi connectivity index (χ0v) is 15.2. The third-order valence-corrected chi connectivity index (χ3v) is 4.50. The van der Waals surface area contributed by atoms with Crippen LogP contribution in [0.1, 0.15) is 31.9 Å². The number of pyridine rings is 2. The maximum absolute atomic E-state index is 4.69. The summed E-state index contributed by atoms with van der Waals surface area (Å²) < 4.78 is 2.16. The minimum Gasteiger partial charge on any atom is -0.256 e. The molecule has 2 heteroatoms. The molecule has 0 spiro atoms. The van der Waals surface area contributed by atoms with Crippen molar-refractivity contribution in [2.45, 2.75) is 33.1 Å². The van der Waals surface area contributed by atoms with Crippen LogP contribution in [-0.4, -0.2) is 4.98 Å². The van der Waals surface area contributed by atoms with Crippen molar-refractivity contribution in [1.82, 2.24) is 4.98 Å². The first kappa shape index (κ1) is 16.4. The minimum atomic E-state index is 0.126. The van der Waals surface area contributed by atoms with Crippen LogP contribution in [0, 0.1) is 6.92 Å². The van der Waals surface area contributed by atoms with E-state index in [-0.39, 0.29) is 5.41 Å². The van der Waals surface area contributed by atoms with E-state index >= 15 is 0 Å². The van der Waals surface area contributed by atoms with Crippen molar-refractivity contribution in [1.29, 1.82) is 0 Å². The standard InChI is InChI=1S/C22H25N2/c1-16-8-6-7-9-19(16)21-14-17(12-13-24(21)5)20-11-10-18(15-23-20)22(2,3)4/h6-15H,1-5H3/q+1. The van der Waals surface area contributed by atoms with Crippen LogP contribution in [-0.2, 0) is 12.5 Å². The molecule has 0 saturated heterocycles. The molecule has 0 unspecified atom stereocenters. The molecular formula is C22H25N2+. The molecule has 0 N–H and O–H groups in total. The van der Waals surface area contributed by atoms with Crippen LogP contribution in [0.25, 0.3) is 22.5 Å². The topological polar surface area (TPSA) is 16.8 Å². The molecule has 0 amide bonds. The van der Waals surface area contributed by atoms with Crippen LogP contribution in [0.5, 0.6) is 0 Å². The summed E-state index contributed by atoms with van der Waals surface area (Å²) in [6.07, 6.45) is 4.10. The molecule has 0 fully saturated rings. The van der Waals surface area contributed by atoms with Gasteiger partial charge < -0.3 is 0 Å². The molecule has 2 aromatic heterocycles. The molecule has 0 radical (unpaired) electrons. The van der Waals surface area contributed by atoms with Crippen molar-refractivity contribution in [2.75, 3.05) is 0 Å². The van der Waals surface area contributed by atoms with Crippen LogP contribution in [0.4, 0.5) is 0 Å². The second-order valence-electron chi connectivity index (χ2n) is 7.41. The molecule has 0 saturated carbocycles. The first-order valence-electron chi connectivity index (χ1n) is 8.39. The van der Waals surface area contributed by atoms with Crippen molar-refractivity contribution >= 4 is 0 Å². The number of aromatic nitrogens is 2. The van der Waals surface area contributed by atoms with Crippen LogP contribution in [0.2, 0.25) is 0 Å². The van der Waals surface area contributed by atoms with Crippen LogP contribution in [0.3, 0.4) is 0 Å². The Kier molecular flexibility index (Phi) is 4.23. The van der Waals surface area contributed by atoms with E-state index in [4.69, 9.17) is 4.98 Å². The average molecular weight is 317 g/mol. The average Bonchev–Trinajstić information content (AvgIpc) is 2.55. The van der Waals surface area contributed by atoms with Gasteiger partial charge in [-0.15, -0.1) is 0 Å². The molecule has 0 aliphatic heterocycles. The van der Waals surface area contributed by atoms with Gasteiger partial charge >= 0.3 is 0 Å². The van der Waals surface area contributed by atoms with Gasteiger partial charge in [0.2, 0.25) is 5.69 Å². The molecule has 2 heterocycles. The molecule has 0 aliphatic carbocycles. The van der Waals surface area contributed by atoms with Gasteiger partial charge in [-0.05, 0) is 35.6 Å². The number of nitrogens with zero attached hydrogens (tertiary/aromatic N) is 2. The lowest BCUT2D eigenvalue weighted by molar-refractivity contribution is -0.660. The Balaban J connectivity index is 2.05. The molecule has 1 aromatic carbocycles. The highest BCUT2D eigenvalue weighted by Gasteiger charge is 2.16. The Morgan fingerprint density at radius 1 is 0.958 bits per heavy atom. The van der Waals surface area contributed by atoms with Crippen molar-refractivity contribution in [3.8, 4) is 22.5 Å². The van der Waals surface area contributed by atoms with E-state index < -0.39 is 0 Å². The van der Waals surface area contributed by atoms with E-state index in [0.717, 1.165) is 11.3 Å². The van der Waals surface area contributed by atoms with E-state index in [0.29, 0.717) is 0 Å². The first-order valence-corrected chi connectivity index (χ1v) is 8.39. The van der Waals surface area contributed by atoms with Crippen molar-refractivity contribution in [2.24, 2.45) is 7.05 Å². The molecule has 122 valence electrons. The normalized spacial score (nSPS) is 11.5. The van der Waals surface area contributed by atoms with Gasteiger partial charge in [0.15, 0.2) is 6.20 Å². The fourth-order valence-electron chi connectivity index (χ4n) is 2.87. The van der Waals surface area contributed by atoms with Crippen molar-refractivity contribution in [3.05, 3.63) is 72.1 Å². The molecule has 2 nitrogen and oxygen atoms in total. The number of rotatable bonds is 2. The Labute approximate surface area is 144 Å². The fraction of sp³-hybridized carbons (Fsp3) is 0.273. The second-order valence-corrected chi connectivity index (χ2v) is 7.41. The zero-order valence-electron chi connectivity index (χ0n) is 15.2. The van der Waals surface area contributed by atoms with E-state index in [1.165, 1.54) is 22.4 Å². The van der Waals surface area contributed by atoms with Gasteiger partial charge in [0.05, 0.1) is 5.69 Å². The summed E-state index contributed by atoms with van der Waals surface area (Å²) in [5, 5.41) is 0. The van der Waals surface area contributed by atoms with E-state index in [1.807, 2.05) is 6.20 Å². The molecule has 0 bridgehead atoms. The highest BCUT2D eigenvalue weighted by Crippen LogP contribution is 2.26. The second kappa shape index (κ2) is 6.20. The summed E-state index contributed by atoms with van der Waals surface area (Å²) in [6, 6.07) is 17.1. The van der Waals surface area contributed by atoms with E-state index in [1.54, 1.807) is 0 Å². The number of hydrogen-bond donors (Lipinski definition) is 0. The molecule has 0 atom stereocenters. The van der Waals surface area contributed by atoms with Crippen LogP contribution < -0.4 is 4.57 Å². The van der Waals surface area contributed by atoms with Gasteiger partial charge in [-0.2, -0.15) is 0 Å². The van der Waals surface area contributed by atoms with Crippen molar-refractivity contribution < 1.29 is 4.57 Å². The van der Waals surface area contributed by atoms with Crippen LogP contribution >= 0.6 is 0 Å². The maximum atomic E-state index is 4.69. The van der Waals surface area contributed by atoms with E-state index in [2.05, 4.69) is 94.0 Å². The highest BCUT2D eigenvalue weighted by atomic mass is 14.9. The third kappa shape index (κ3) is 3.23. The number of hydrogen-bond acceptors (Lipinski definition) is 1. The lowest BCUT2D eigenvalue weighted by Gasteiger charge is -2.18. The lowest BCUT2D eigenvalue weighted by Crippen LogP contribution is -2.30. The van der Waals surface area contributed by atoms with Gasteiger partial charge in [0.25, 0.3) is 0 Å². The Bertz CT molecular complexity index is 856. The third-order valence-electron chi connectivity index (χ3n) is 4.50. The van der Waals surface area contributed by atoms with Gasteiger partial charge in [-0.3, -0.25) is 4.98 Å². The van der Waals surface area contributed by atoms with Gasteiger partial charge in [0.1, 0.15) is 7.05 Å². The monoisotopic (exact) mass is 317 g/mol. The summed E-state index contributed by atoms with van der Waals surface area (Å²) in [6.45, 7) is 8.78. The fourth-order valence-corrected chi connectivity index (χ4v) is 2.87. The molecule has 3 rings (SSSR count). The summed E-state index contributed by atoms with van der Waals surface area (Å²) in [4.78, 5) is 4.69. The molecule has 0 aliphatic rings. The van der Waals surface area contributed by atoms with Crippen molar-refractivity contribution in [3.63, 3.8) is 0 Å². The zero-order chi connectivity index (χ0) is 17.3. The van der Waals surface area contributed by atoms with Gasteiger partial charge in [-0.1, -0.05) is 45.0 Å². The minimum absolute atomic E-state index is 0.126. The van der Waals surface area contributed by atoms with Gasteiger partial charge in [-0.25, -0.2) is 4.57 Å². The summed E-state index contributed by atoms with van der Waals surface area (Å²) in [5.74, 6) is 0. The first-order chi connectivity index (χ1) is 11.4. The molecule has 3 aromatic rings. The summed E-state index contributed by atoms with van der Waals surface area (Å²) in [5.41, 5.74) is 7.28. The predicted molar refractivity (Wildman–Crippen MR) is 99.7 cm³/mol. The molecule has 24 heavy (non-hydrogen) atoms. The quantitative estimate of drug-likeness (QED) is 0.618. The summed E-state index contributed by atoms with van der Waals surface area (Å²) >= 11 is 0. The molecular weight excluding hydrogens is 292 g/mol. The highest BCUT2D eigenvalue weighted by molar-refractivity contribution is 5.68. The Morgan fingerprint density at radius 3 is 2.33 bits per heavy atom. The predicted octanol–water partition coefficient (Wildman–Crippen LogP) is 4.85. The lowest BCUT2D eigenvalue weighted by atomic mass is 9.88. The summed E-state index contributed by atoms with van der Waals surface area (Å²) in [7, 11) is 2.09. The van der Waals surface area contributed by atoms with Crippen LogP contribution in [0.15, 0.2) is 60.9 Å². The SMILES string of the molecule is Cc1ccccc1-c1cc(-c2ccc(C(C)(C)C)cn2)cc[n+]1C. The van der Waals surface area contributed by atoms with Gasteiger partial charge in [0, 0.05) is 29.5 Å². The number of benzene rings is 1. The smallest absolute Gasteiger partial charge is 0.213 e. The Hall–Kier alpha value is -2.48.